The largest absolute Gasteiger partial charge is 0.484 e. The van der Waals surface area contributed by atoms with E-state index in [0.29, 0.717) is 26.3 Å². The zero-order chi connectivity index (χ0) is 13.9. The minimum atomic E-state index is 0.0190. The highest BCUT2D eigenvalue weighted by Gasteiger charge is 2.20. The van der Waals surface area contributed by atoms with Crippen molar-refractivity contribution in [2.24, 2.45) is 5.73 Å². The van der Waals surface area contributed by atoms with Crippen molar-refractivity contribution in [2.45, 2.75) is 18.9 Å². The number of rotatable bonds is 3. The Morgan fingerprint density at radius 1 is 1.40 bits per heavy atom. The molecule has 1 aromatic rings. The van der Waals surface area contributed by atoms with Crippen molar-refractivity contribution in [1.29, 1.82) is 0 Å². The van der Waals surface area contributed by atoms with Crippen molar-refractivity contribution >= 4 is 5.91 Å². The molecule has 1 atom stereocenters. The maximum Gasteiger partial charge on any atom is 0.260 e. The van der Waals surface area contributed by atoms with Crippen LogP contribution in [0.25, 0.3) is 0 Å². The van der Waals surface area contributed by atoms with Gasteiger partial charge in [0, 0.05) is 19.1 Å². The van der Waals surface area contributed by atoms with Gasteiger partial charge in [-0.2, -0.15) is 0 Å². The van der Waals surface area contributed by atoms with Gasteiger partial charge in [0.2, 0.25) is 0 Å². The molecule has 0 radical (unpaired) electrons. The number of aryl methyl sites for hydroxylation is 1. The van der Waals surface area contributed by atoms with Gasteiger partial charge in [0.25, 0.3) is 5.91 Å². The van der Waals surface area contributed by atoms with E-state index in [0.717, 1.165) is 18.6 Å². The average Bonchev–Trinajstić information content (AvgIpc) is 2.87. The zero-order valence-corrected chi connectivity index (χ0v) is 11.5. The van der Waals surface area contributed by atoms with Crippen molar-refractivity contribution in [3.8, 4) is 5.75 Å². The first-order valence-electron chi connectivity index (χ1n) is 7.11. The highest BCUT2D eigenvalue weighted by atomic mass is 16.5. The molecule has 1 fully saturated rings. The van der Waals surface area contributed by atoms with E-state index < -0.39 is 0 Å². The summed E-state index contributed by atoms with van der Waals surface area (Å²) in [6.07, 6.45) is 1.98. The summed E-state index contributed by atoms with van der Waals surface area (Å²) in [5.74, 6) is 0.768. The predicted octanol–water partition coefficient (Wildman–Crippen LogP) is 0.870. The lowest BCUT2D eigenvalue weighted by Crippen LogP contribution is -2.42. The summed E-state index contributed by atoms with van der Waals surface area (Å²) in [5, 5.41) is 0. The van der Waals surface area contributed by atoms with E-state index in [1.165, 1.54) is 11.1 Å². The molecule has 3 rings (SSSR count). The fraction of sp³-hybridized carbons (Fsp3) is 0.533. The van der Waals surface area contributed by atoms with E-state index in [2.05, 4.69) is 0 Å². The Morgan fingerprint density at radius 2 is 2.20 bits per heavy atom. The van der Waals surface area contributed by atoms with Crippen LogP contribution in [0.5, 0.6) is 5.75 Å². The SMILES string of the molecule is N[C@@H]1CCc2cc(OCC(=O)N3CCOCC3)ccc21. The van der Waals surface area contributed by atoms with Crippen molar-refractivity contribution < 1.29 is 14.3 Å². The highest BCUT2D eigenvalue weighted by Crippen LogP contribution is 2.31. The second-order valence-electron chi connectivity index (χ2n) is 5.29. The molecule has 2 aliphatic rings. The fourth-order valence-corrected chi connectivity index (χ4v) is 2.77. The monoisotopic (exact) mass is 276 g/mol. The molecule has 2 N–H and O–H groups in total. The van der Waals surface area contributed by atoms with E-state index >= 15 is 0 Å². The van der Waals surface area contributed by atoms with E-state index in [9.17, 15) is 4.79 Å². The minimum Gasteiger partial charge on any atom is -0.484 e. The molecule has 20 heavy (non-hydrogen) atoms. The van der Waals surface area contributed by atoms with Crippen LogP contribution < -0.4 is 10.5 Å². The lowest BCUT2D eigenvalue weighted by Gasteiger charge is -2.26. The van der Waals surface area contributed by atoms with Crippen molar-refractivity contribution in [3.05, 3.63) is 29.3 Å². The van der Waals surface area contributed by atoms with Crippen LogP contribution in [0.2, 0.25) is 0 Å². The molecule has 1 aromatic carbocycles. The zero-order valence-electron chi connectivity index (χ0n) is 11.5. The van der Waals surface area contributed by atoms with Gasteiger partial charge in [-0.1, -0.05) is 6.07 Å². The van der Waals surface area contributed by atoms with Gasteiger partial charge in [-0.05, 0) is 36.1 Å². The Bertz CT molecular complexity index is 498. The van der Waals surface area contributed by atoms with Crippen LogP contribution in [0.4, 0.5) is 0 Å². The molecule has 108 valence electrons. The van der Waals surface area contributed by atoms with Crippen LogP contribution in [0.3, 0.4) is 0 Å². The van der Waals surface area contributed by atoms with Crippen LogP contribution in [0.15, 0.2) is 18.2 Å². The Labute approximate surface area is 118 Å². The van der Waals surface area contributed by atoms with Crippen LogP contribution in [0.1, 0.15) is 23.6 Å². The van der Waals surface area contributed by atoms with Crippen molar-refractivity contribution in [3.63, 3.8) is 0 Å². The standard InChI is InChI=1S/C15H20N2O3/c16-14-4-1-11-9-12(2-3-13(11)14)20-10-15(18)17-5-7-19-8-6-17/h2-3,9,14H,1,4-8,10,16H2/t14-/m1/s1. The molecule has 1 aliphatic heterocycles. The van der Waals surface area contributed by atoms with Gasteiger partial charge in [0.15, 0.2) is 6.61 Å². The van der Waals surface area contributed by atoms with Gasteiger partial charge >= 0.3 is 0 Å². The summed E-state index contributed by atoms with van der Waals surface area (Å²) in [4.78, 5) is 13.8. The van der Waals surface area contributed by atoms with E-state index in [-0.39, 0.29) is 18.6 Å². The molecule has 1 aliphatic carbocycles. The first-order chi connectivity index (χ1) is 9.74. The Balaban J connectivity index is 1.57. The number of benzene rings is 1. The number of amides is 1. The molecule has 5 nitrogen and oxygen atoms in total. The number of hydrogen-bond acceptors (Lipinski definition) is 4. The first-order valence-corrected chi connectivity index (χ1v) is 7.11. The number of fused-ring (bicyclic) bond motifs is 1. The Kier molecular flexibility index (Phi) is 3.89. The molecule has 1 saturated heterocycles. The third-order valence-electron chi connectivity index (χ3n) is 3.96. The Morgan fingerprint density at radius 3 is 3.00 bits per heavy atom. The van der Waals surface area contributed by atoms with Gasteiger partial charge < -0.3 is 20.1 Å². The molecule has 1 amide bonds. The second-order valence-corrected chi connectivity index (χ2v) is 5.29. The summed E-state index contributed by atoms with van der Waals surface area (Å²) < 4.78 is 10.8. The van der Waals surface area contributed by atoms with Crippen LogP contribution in [0, 0.1) is 0 Å². The van der Waals surface area contributed by atoms with Gasteiger partial charge in [-0.3, -0.25) is 4.79 Å². The number of nitrogens with two attached hydrogens (primary N) is 1. The summed E-state index contributed by atoms with van der Waals surface area (Å²) in [5.41, 5.74) is 8.45. The summed E-state index contributed by atoms with van der Waals surface area (Å²) in [7, 11) is 0. The van der Waals surface area contributed by atoms with E-state index in [4.69, 9.17) is 15.2 Å². The number of morpholine rings is 1. The molecule has 5 heteroatoms. The number of hydrogen-bond donors (Lipinski definition) is 1. The van der Waals surface area contributed by atoms with E-state index in [1.807, 2.05) is 18.2 Å². The molecule has 1 heterocycles. The average molecular weight is 276 g/mol. The lowest BCUT2D eigenvalue weighted by molar-refractivity contribution is -0.137. The Hall–Kier alpha value is -1.59. The molecule has 0 saturated carbocycles. The van der Waals surface area contributed by atoms with Gasteiger partial charge in [0.05, 0.1) is 13.2 Å². The minimum absolute atomic E-state index is 0.0190. The molecular formula is C15H20N2O3. The highest BCUT2D eigenvalue weighted by molar-refractivity contribution is 5.77. The smallest absolute Gasteiger partial charge is 0.260 e. The first kappa shape index (κ1) is 13.4. The normalized spacial score (nSPS) is 21.6. The molecule has 0 spiro atoms. The number of carbonyl (C=O) groups is 1. The number of carbonyl (C=O) groups excluding carboxylic acids is 1. The third kappa shape index (κ3) is 2.78. The van der Waals surface area contributed by atoms with E-state index in [1.54, 1.807) is 4.90 Å². The maximum atomic E-state index is 12.0. The van der Waals surface area contributed by atoms with Crippen molar-refractivity contribution in [1.82, 2.24) is 4.90 Å². The fourth-order valence-electron chi connectivity index (χ4n) is 2.77. The van der Waals surface area contributed by atoms with Gasteiger partial charge in [-0.15, -0.1) is 0 Å². The summed E-state index contributed by atoms with van der Waals surface area (Å²) in [6, 6.07) is 6.07. The lowest BCUT2D eigenvalue weighted by atomic mass is 10.1. The quantitative estimate of drug-likeness (QED) is 0.889. The molecule has 0 aromatic heterocycles. The summed E-state index contributed by atoms with van der Waals surface area (Å²) in [6.45, 7) is 2.62. The second kappa shape index (κ2) is 5.81. The number of nitrogens with zero attached hydrogens (tertiary/aromatic N) is 1. The molecular weight excluding hydrogens is 256 g/mol. The topological polar surface area (TPSA) is 64.8 Å². The van der Waals surface area contributed by atoms with Crippen LogP contribution in [-0.2, 0) is 16.0 Å². The van der Waals surface area contributed by atoms with Crippen LogP contribution >= 0.6 is 0 Å². The third-order valence-corrected chi connectivity index (χ3v) is 3.96. The van der Waals surface area contributed by atoms with Gasteiger partial charge in [0.1, 0.15) is 5.75 Å². The maximum absolute atomic E-state index is 12.0. The van der Waals surface area contributed by atoms with Crippen molar-refractivity contribution in [2.75, 3.05) is 32.9 Å². The van der Waals surface area contributed by atoms with Gasteiger partial charge in [-0.25, -0.2) is 0 Å². The molecule has 0 bridgehead atoms. The van der Waals surface area contributed by atoms with Crippen LogP contribution in [-0.4, -0.2) is 43.7 Å². The predicted molar refractivity (Wildman–Crippen MR) is 74.6 cm³/mol. The number of ether oxygens (including phenoxy) is 2. The summed E-state index contributed by atoms with van der Waals surface area (Å²) >= 11 is 0. The molecule has 0 unspecified atom stereocenters.